The predicted octanol–water partition coefficient (Wildman–Crippen LogP) is 2.36. The summed E-state index contributed by atoms with van der Waals surface area (Å²) in [5.41, 5.74) is 0. The van der Waals surface area contributed by atoms with Crippen LogP contribution in [-0.4, -0.2) is 42.6 Å². The van der Waals surface area contributed by atoms with Crippen LogP contribution in [0, 0.1) is 0 Å². The van der Waals surface area contributed by atoms with E-state index in [2.05, 4.69) is 4.74 Å². The second-order valence-corrected chi connectivity index (χ2v) is 6.57. The Morgan fingerprint density at radius 1 is 1.50 bits per heavy atom. The lowest BCUT2D eigenvalue weighted by atomic mass is 10.1. The Labute approximate surface area is 113 Å². The van der Waals surface area contributed by atoms with Crippen LogP contribution in [0.5, 0.6) is 0 Å². The summed E-state index contributed by atoms with van der Waals surface area (Å²) < 4.78 is 16.3. The van der Waals surface area contributed by atoms with Crippen LogP contribution in [0.1, 0.15) is 39.0 Å². The first-order chi connectivity index (χ1) is 8.61. The average Bonchev–Trinajstić information content (AvgIpc) is 2.71. The third kappa shape index (κ3) is 3.87. The molecule has 3 unspecified atom stereocenters. The Bertz CT molecular complexity index is 291. The molecule has 3 atom stereocenters. The van der Waals surface area contributed by atoms with E-state index in [1.165, 1.54) is 32.1 Å². The second-order valence-electron chi connectivity index (χ2n) is 5.16. The number of esters is 1. The first-order valence-corrected chi connectivity index (χ1v) is 7.66. The van der Waals surface area contributed by atoms with Crippen LogP contribution >= 0.6 is 11.8 Å². The molecule has 0 N–H and O–H groups in total. The highest BCUT2D eigenvalue weighted by atomic mass is 32.2. The fourth-order valence-corrected chi connectivity index (χ4v) is 4.01. The van der Waals surface area contributed by atoms with Crippen molar-refractivity contribution in [2.24, 2.45) is 0 Å². The highest BCUT2D eigenvalue weighted by molar-refractivity contribution is 7.99. The van der Waals surface area contributed by atoms with Gasteiger partial charge in [0, 0.05) is 11.7 Å². The monoisotopic (exact) mass is 274 g/mol. The lowest BCUT2D eigenvalue weighted by Crippen LogP contribution is -2.32. The molecule has 104 valence electrons. The van der Waals surface area contributed by atoms with Crippen molar-refractivity contribution in [3.63, 3.8) is 0 Å². The minimum Gasteiger partial charge on any atom is -0.469 e. The minimum absolute atomic E-state index is 0.156. The maximum Gasteiger partial charge on any atom is 0.308 e. The van der Waals surface area contributed by atoms with Crippen LogP contribution in [-0.2, 0) is 19.0 Å². The van der Waals surface area contributed by atoms with Gasteiger partial charge >= 0.3 is 5.97 Å². The summed E-state index contributed by atoms with van der Waals surface area (Å²) in [6, 6.07) is 0. The molecule has 2 aliphatic heterocycles. The summed E-state index contributed by atoms with van der Waals surface area (Å²) in [6.07, 6.45) is 4.91. The van der Waals surface area contributed by atoms with E-state index in [0.717, 1.165) is 6.42 Å². The van der Waals surface area contributed by atoms with E-state index in [1.54, 1.807) is 0 Å². The molecule has 0 amide bonds. The van der Waals surface area contributed by atoms with Crippen molar-refractivity contribution in [3.8, 4) is 0 Å². The summed E-state index contributed by atoms with van der Waals surface area (Å²) in [7, 11) is 1.40. The van der Waals surface area contributed by atoms with Gasteiger partial charge in [-0.25, -0.2) is 0 Å². The van der Waals surface area contributed by atoms with Gasteiger partial charge in [0.15, 0.2) is 5.79 Å². The maximum absolute atomic E-state index is 11.2. The van der Waals surface area contributed by atoms with Gasteiger partial charge in [-0.05, 0) is 25.5 Å². The minimum atomic E-state index is -0.520. The Hall–Kier alpha value is -0.260. The molecule has 2 saturated heterocycles. The Morgan fingerprint density at radius 3 is 3.00 bits per heavy atom. The first kappa shape index (κ1) is 14.2. The summed E-state index contributed by atoms with van der Waals surface area (Å²) in [6.45, 7) is 2.47. The molecule has 5 heteroatoms. The van der Waals surface area contributed by atoms with E-state index in [-0.39, 0.29) is 18.5 Å². The number of ether oxygens (including phenoxy) is 3. The third-order valence-corrected chi connectivity index (χ3v) is 4.88. The topological polar surface area (TPSA) is 44.8 Å². The van der Waals surface area contributed by atoms with Crippen LogP contribution in [0.2, 0.25) is 0 Å². The molecule has 2 aliphatic rings. The molecule has 0 aromatic carbocycles. The number of thioether (sulfide) groups is 1. The largest absolute Gasteiger partial charge is 0.469 e. The molecule has 18 heavy (non-hydrogen) atoms. The molecular formula is C13H22O4S. The Morgan fingerprint density at radius 2 is 2.33 bits per heavy atom. The molecule has 2 rings (SSSR count). The number of hydrogen-bond donors (Lipinski definition) is 0. The van der Waals surface area contributed by atoms with Gasteiger partial charge in [-0.15, -0.1) is 0 Å². The molecule has 2 heterocycles. The predicted molar refractivity (Wildman–Crippen MR) is 70.6 cm³/mol. The third-order valence-electron chi connectivity index (χ3n) is 3.48. The summed E-state index contributed by atoms with van der Waals surface area (Å²) in [4.78, 5) is 11.2. The molecule has 2 fully saturated rings. The van der Waals surface area contributed by atoms with Crippen LogP contribution in [0.4, 0.5) is 0 Å². The number of carbonyl (C=O) groups excluding carboxylic acids is 1. The van der Waals surface area contributed by atoms with Crippen LogP contribution in [0.3, 0.4) is 0 Å². The van der Waals surface area contributed by atoms with E-state index in [1.807, 2.05) is 18.7 Å². The van der Waals surface area contributed by atoms with Crippen molar-refractivity contribution in [1.82, 2.24) is 0 Å². The molecule has 0 radical (unpaired) electrons. The average molecular weight is 274 g/mol. The highest BCUT2D eigenvalue weighted by Gasteiger charge is 2.40. The number of methoxy groups -OCH3 is 1. The molecule has 4 nitrogen and oxygen atoms in total. The van der Waals surface area contributed by atoms with Crippen molar-refractivity contribution < 1.29 is 19.0 Å². The van der Waals surface area contributed by atoms with Crippen molar-refractivity contribution in [3.05, 3.63) is 0 Å². The van der Waals surface area contributed by atoms with Gasteiger partial charge in [0.25, 0.3) is 0 Å². The number of carbonyl (C=O) groups is 1. The zero-order valence-corrected chi connectivity index (χ0v) is 12.0. The maximum atomic E-state index is 11.2. The van der Waals surface area contributed by atoms with Gasteiger partial charge < -0.3 is 14.2 Å². The fraction of sp³-hybridized carbons (Fsp3) is 0.923. The van der Waals surface area contributed by atoms with E-state index in [4.69, 9.17) is 9.47 Å². The SMILES string of the molecule is COC(=O)CC1COC(C)(CC2CCCCS2)O1. The quantitative estimate of drug-likeness (QED) is 0.736. The van der Waals surface area contributed by atoms with Crippen LogP contribution < -0.4 is 0 Å². The van der Waals surface area contributed by atoms with Crippen molar-refractivity contribution in [2.75, 3.05) is 19.5 Å². The van der Waals surface area contributed by atoms with Gasteiger partial charge in [-0.1, -0.05) is 6.42 Å². The van der Waals surface area contributed by atoms with E-state index in [9.17, 15) is 4.79 Å². The van der Waals surface area contributed by atoms with E-state index >= 15 is 0 Å². The van der Waals surface area contributed by atoms with Crippen LogP contribution in [0.15, 0.2) is 0 Å². The highest BCUT2D eigenvalue weighted by Crippen LogP contribution is 2.36. The Kier molecular flexibility index (Phi) is 4.92. The molecular weight excluding hydrogens is 252 g/mol. The fourth-order valence-electron chi connectivity index (χ4n) is 2.55. The first-order valence-electron chi connectivity index (χ1n) is 6.61. The second kappa shape index (κ2) is 6.26. The van der Waals surface area contributed by atoms with Crippen molar-refractivity contribution in [1.29, 1.82) is 0 Å². The summed E-state index contributed by atoms with van der Waals surface area (Å²) in [5.74, 6) is 0.486. The van der Waals surface area contributed by atoms with Gasteiger partial charge in [0.2, 0.25) is 0 Å². The van der Waals surface area contributed by atoms with Gasteiger partial charge in [-0.3, -0.25) is 4.79 Å². The lowest BCUT2D eigenvalue weighted by Gasteiger charge is -2.30. The van der Waals surface area contributed by atoms with Gasteiger partial charge in [0.05, 0.1) is 26.2 Å². The smallest absolute Gasteiger partial charge is 0.308 e. The van der Waals surface area contributed by atoms with Gasteiger partial charge in [-0.2, -0.15) is 11.8 Å². The molecule has 0 bridgehead atoms. The van der Waals surface area contributed by atoms with E-state index < -0.39 is 5.79 Å². The lowest BCUT2D eigenvalue weighted by molar-refractivity contribution is -0.163. The van der Waals surface area contributed by atoms with Crippen molar-refractivity contribution >= 4 is 17.7 Å². The number of hydrogen-bond acceptors (Lipinski definition) is 5. The summed E-state index contributed by atoms with van der Waals surface area (Å²) >= 11 is 2.02. The Balaban J connectivity index is 1.79. The molecule has 0 spiro atoms. The van der Waals surface area contributed by atoms with E-state index in [0.29, 0.717) is 11.9 Å². The zero-order valence-electron chi connectivity index (χ0n) is 11.1. The number of rotatable bonds is 4. The summed E-state index contributed by atoms with van der Waals surface area (Å²) in [5, 5.41) is 0.626. The molecule has 0 aromatic rings. The normalized spacial score (nSPS) is 36.6. The van der Waals surface area contributed by atoms with Gasteiger partial charge in [0.1, 0.15) is 0 Å². The molecule has 0 saturated carbocycles. The van der Waals surface area contributed by atoms with Crippen molar-refractivity contribution in [2.45, 2.75) is 56.2 Å². The zero-order chi connectivity index (χ0) is 13.0. The standard InChI is InChI=1S/C13H22O4S/c1-13(8-11-5-3-4-6-18-11)16-9-10(17-13)7-12(14)15-2/h10-11H,3-9H2,1-2H3. The molecule has 0 aliphatic carbocycles. The molecule has 0 aromatic heterocycles. The van der Waals surface area contributed by atoms with Crippen LogP contribution in [0.25, 0.3) is 0 Å².